The second-order valence-electron chi connectivity index (χ2n) is 10.5. The number of rotatable bonds is 5. The van der Waals surface area contributed by atoms with Crippen molar-refractivity contribution in [2.75, 3.05) is 19.5 Å². The van der Waals surface area contributed by atoms with Gasteiger partial charge in [-0.3, -0.25) is 4.79 Å². The number of hydrogen-bond donors (Lipinski definition) is 1. The maximum atomic E-state index is 13.5. The summed E-state index contributed by atoms with van der Waals surface area (Å²) in [5.74, 6) is 3.05. The molecule has 35 heavy (non-hydrogen) atoms. The number of fused-ring (bicyclic) bond motifs is 1. The number of nitrogens with one attached hydrogen (secondary N) is 1. The summed E-state index contributed by atoms with van der Waals surface area (Å²) < 4.78 is 12.7. The van der Waals surface area contributed by atoms with Gasteiger partial charge in [-0.2, -0.15) is 4.98 Å². The van der Waals surface area contributed by atoms with Gasteiger partial charge in [0.1, 0.15) is 6.04 Å². The van der Waals surface area contributed by atoms with Gasteiger partial charge in [0, 0.05) is 23.3 Å². The second-order valence-corrected chi connectivity index (χ2v) is 10.5. The van der Waals surface area contributed by atoms with E-state index < -0.39 is 0 Å². The largest absolute Gasteiger partial charge is 0.493 e. The number of nitrogens with zero attached hydrogens (tertiary/aromatic N) is 3. The zero-order valence-electron chi connectivity index (χ0n) is 21.2. The van der Waals surface area contributed by atoms with Crippen molar-refractivity contribution in [3.05, 3.63) is 64.9 Å². The fourth-order valence-electron chi connectivity index (χ4n) is 5.08. The maximum absolute atomic E-state index is 13.5. The standard InChI is InChI=1S/C28H32N4O3/c1-16(2)17-7-9-18(10-8-17)25-24-20(14-28(3,4)15-21(24)33)29-27-30-26(31-32(25)27)19-11-12-22(34-5)23(13-19)35-6/h7-13,16,25H,14-15H2,1-6H3,(H,29,30,31). The molecular formula is C28H32N4O3. The van der Waals surface area contributed by atoms with Gasteiger partial charge in [0.2, 0.25) is 5.95 Å². The zero-order chi connectivity index (χ0) is 24.9. The van der Waals surface area contributed by atoms with Crippen molar-refractivity contribution in [3.8, 4) is 22.9 Å². The number of aromatic nitrogens is 3. The predicted octanol–water partition coefficient (Wildman–Crippen LogP) is 5.74. The third-order valence-electron chi connectivity index (χ3n) is 6.89. The number of carbonyl (C=O) groups excluding carboxylic acids is 1. The Hall–Kier alpha value is -3.61. The molecule has 3 aromatic rings. The van der Waals surface area contributed by atoms with Crippen LogP contribution in [-0.4, -0.2) is 34.8 Å². The molecule has 2 heterocycles. The molecule has 7 nitrogen and oxygen atoms in total. The highest BCUT2D eigenvalue weighted by Gasteiger charge is 2.42. The van der Waals surface area contributed by atoms with Crippen molar-refractivity contribution in [2.45, 2.75) is 52.5 Å². The van der Waals surface area contributed by atoms with E-state index in [1.165, 1.54) is 5.56 Å². The first kappa shape index (κ1) is 23.1. The first-order valence-electron chi connectivity index (χ1n) is 12.0. The summed E-state index contributed by atoms with van der Waals surface area (Å²) >= 11 is 0. The normalized spacial score (nSPS) is 18.7. The monoisotopic (exact) mass is 472 g/mol. The van der Waals surface area contributed by atoms with Gasteiger partial charge in [-0.15, -0.1) is 5.10 Å². The molecule has 5 rings (SSSR count). The third kappa shape index (κ3) is 4.09. The summed E-state index contributed by atoms with van der Waals surface area (Å²) in [6, 6.07) is 13.8. The molecule has 0 spiro atoms. The molecule has 1 aliphatic heterocycles. The minimum absolute atomic E-state index is 0.108. The molecule has 1 unspecified atom stereocenters. The van der Waals surface area contributed by atoms with Crippen LogP contribution in [0.25, 0.3) is 11.4 Å². The van der Waals surface area contributed by atoms with E-state index in [1.807, 2.05) is 22.9 Å². The van der Waals surface area contributed by atoms with Crippen LogP contribution >= 0.6 is 0 Å². The van der Waals surface area contributed by atoms with Crippen LogP contribution in [0.5, 0.6) is 11.5 Å². The molecule has 7 heteroatoms. The predicted molar refractivity (Wildman–Crippen MR) is 136 cm³/mol. The number of Topliss-reactive ketones (excluding diaryl/α,β-unsaturated/α-hetero) is 1. The van der Waals surface area contributed by atoms with Crippen molar-refractivity contribution < 1.29 is 14.3 Å². The maximum Gasteiger partial charge on any atom is 0.226 e. The summed E-state index contributed by atoms with van der Waals surface area (Å²) in [5, 5.41) is 8.34. The Kier molecular flexibility index (Phi) is 5.66. The second kappa shape index (κ2) is 8.56. The van der Waals surface area contributed by atoms with Gasteiger partial charge in [0.25, 0.3) is 0 Å². The molecule has 1 N–H and O–H groups in total. The fraction of sp³-hybridized carbons (Fsp3) is 0.393. The van der Waals surface area contributed by atoms with Crippen LogP contribution in [0.2, 0.25) is 0 Å². The first-order valence-corrected chi connectivity index (χ1v) is 12.0. The van der Waals surface area contributed by atoms with E-state index in [0.29, 0.717) is 35.6 Å². The average molecular weight is 473 g/mol. The number of ketones is 1. The molecule has 0 fully saturated rings. The number of methoxy groups -OCH3 is 2. The number of ether oxygens (including phenoxy) is 2. The quantitative estimate of drug-likeness (QED) is 0.510. The Labute approximate surface area is 206 Å². The van der Waals surface area contributed by atoms with Gasteiger partial charge in [0.15, 0.2) is 23.1 Å². The van der Waals surface area contributed by atoms with Gasteiger partial charge in [0.05, 0.1) is 14.2 Å². The van der Waals surface area contributed by atoms with Crippen molar-refractivity contribution in [1.82, 2.24) is 14.8 Å². The minimum Gasteiger partial charge on any atom is -0.493 e. The molecule has 182 valence electrons. The van der Waals surface area contributed by atoms with Crippen LogP contribution in [0.1, 0.15) is 63.6 Å². The van der Waals surface area contributed by atoms with Crippen LogP contribution in [-0.2, 0) is 4.79 Å². The van der Waals surface area contributed by atoms with E-state index in [1.54, 1.807) is 14.2 Å². The van der Waals surface area contributed by atoms with Gasteiger partial charge < -0.3 is 14.8 Å². The Morgan fingerprint density at radius 3 is 2.40 bits per heavy atom. The van der Waals surface area contributed by atoms with E-state index in [0.717, 1.165) is 28.8 Å². The first-order chi connectivity index (χ1) is 16.7. The summed E-state index contributed by atoms with van der Waals surface area (Å²) in [6.45, 7) is 8.63. The van der Waals surface area contributed by atoms with E-state index >= 15 is 0 Å². The summed E-state index contributed by atoms with van der Waals surface area (Å²) in [7, 11) is 3.22. The molecule has 1 atom stereocenters. The number of hydrogen-bond acceptors (Lipinski definition) is 6. The fourth-order valence-corrected chi connectivity index (χ4v) is 5.08. The summed E-state index contributed by atoms with van der Waals surface area (Å²) in [5.41, 5.74) is 4.73. The molecule has 2 aliphatic rings. The summed E-state index contributed by atoms with van der Waals surface area (Å²) in [4.78, 5) is 18.3. The molecular weight excluding hydrogens is 440 g/mol. The highest BCUT2D eigenvalue weighted by molar-refractivity contribution is 6.00. The van der Waals surface area contributed by atoms with E-state index in [2.05, 4.69) is 57.3 Å². The van der Waals surface area contributed by atoms with Gasteiger partial charge in [-0.25, -0.2) is 4.68 Å². The van der Waals surface area contributed by atoms with Gasteiger partial charge >= 0.3 is 0 Å². The average Bonchev–Trinajstić information content (AvgIpc) is 3.25. The molecule has 0 radical (unpaired) electrons. The highest BCUT2D eigenvalue weighted by atomic mass is 16.5. The Morgan fingerprint density at radius 2 is 1.74 bits per heavy atom. The third-order valence-corrected chi connectivity index (χ3v) is 6.89. The Balaban J connectivity index is 1.64. The lowest BCUT2D eigenvalue weighted by molar-refractivity contribution is -0.118. The van der Waals surface area contributed by atoms with Crippen molar-refractivity contribution in [2.24, 2.45) is 5.41 Å². The molecule has 0 amide bonds. The number of benzene rings is 2. The molecule has 0 bridgehead atoms. The zero-order valence-corrected chi connectivity index (χ0v) is 21.2. The van der Waals surface area contributed by atoms with Gasteiger partial charge in [-0.05, 0) is 47.1 Å². The summed E-state index contributed by atoms with van der Waals surface area (Å²) in [6.07, 6.45) is 1.30. The number of anilines is 1. The lowest BCUT2D eigenvalue weighted by atomic mass is 9.73. The van der Waals surface area contributed by atoms with E-state index in [4.69, 9.17) is 19.6 Å². The van der Waals surface area contributed by atoms with E-state index in [9.17, 15) is 4.79 Å². The smallest absolute Gasteiger partial charge is 0.226 e. The van der Waals surface area contributed by atoms with Crippen molar-refractivity contribution in [3.63, 3.8) is 0 Å². The molecule has 0 saturated carbocycles. The molecule has 0 saturated heterocycles. The van der Waals surface area contributed by atoms with Crippen molar-refractivity contribution >= 4 is 11.7 Å². The lowest BCUT2D eigenvalue weighted by Crippen LogP contribution is -2.36. The minimum atomic E-state index is -0.326. The van der Waals surface area contributed by atoms with Crippen LogP contribution in [0.4, 0.5) is 5.95 Å². The Bertz CT molecular complexity index is 1320. The van der Waals surface area contributed by atoms with Crippen LogP contribution in [0.15, 0.2) is 53.7 Å². The van der Waals surface area contributed by atoms with Crippen LogP contribution in [0, 0.1) is 5.41 Å². The SMILES string of the molecule is COc1ccc(-c2nc3n(n2)C(c2ccc(C(C)C)cc2)C2=C(CC(C)(C)CC2=O)N3)cc1OC. The lowest BCUT2D eigenvalue weighted by Gasteiger charge is -2.38. The Morgan fingerprint density at radius 1 is 1.03 bits per heavy atom. The molecule has 1 aliphatic carbocycles. The van der Waals surface area contributed by atoms with Crippen LogP contribution < -0.4 is 14.8 Å². The van der Waals surface area contributed by atoms with Crippen LogP contribution in [0.3, 0.4) is 0 Å². The molecule has 2 aromatic carbocycles. The van der Waals surface area contributed by atoms with Crippen molar-refractivity contribution in [1.29, 1.82) is 0 Å². The van der Waals surface area contributed by atoms with Gasteiger partial charge in [-0.1, -0.05) is 52.0 Å². The molecule has 1 aromatic heterocycles. The highest BCUT2D eigenvalue weighted by Crippen LogP contribution is 2.46. The topological polar surface area (TPSA) is 78.3 Å². The number of carbonyl (C=O) groups is 1. The van der Waals surface area contributed by atoms with E-state index in [-0.39, 0.29) is 17.2 Å². The number of allylic oxidation sites excluding steroid dienone is 2.